The van der Waals surface area contributed by atoms with Gasteiger partial charge in [0.15, 0.2) is 0 Å². The van der Waals surface area contributed by atoms with Crippen LogP contribution < -0.4 is 5.32 Å². The first-order valence-electron chi connectivity index (χ1n) is 5.94. The molecule has 0 spiro atoms. The van der Waals surface area contributed by atoms with Gasteiger partial charge >= 0.3 is 5.97 Å². The molecule has 2 N–H and O–H groups in total. The zero-order valence-electron chi connectivity index (χ0n) is 9.58. The Morgan fingerprint density at radius 1 is 1.47 bits per heavy atom. The van der Waals surface area contributed by atoms with Crippen LogP contribution in [0.15, 0.2) is 18.2 Å². The van der Waals surface area contributed by atoms with Crippen LogP contribution in [0.1, 0.15) is 36.0 Å². The van der Waals surface area contributed by atoms with E-state index in [1.54, 1.807) is 6.07 Å². The van der Waals surface area contributed by atoms with Gasteiger partial charge in [-0.15, -0.1) is 0 Å². The predicted molar refractivity (Wildman–Crippen MR) is 63.8 cm³/mol. The lowest BCUT2D eigenvalue weighted by Crippen LogP contribution is -2.17. The van der Waals surface area contributed by atoms with Crippen LogP contribution in [0.4, 0.5) is 10.1 Å². The van der Waals surface area contributed by atoms with Crippen LogP contribution in [0.5, 0.6) is 0 Å². The summed E-state index contributed by atoms with van der Waals surface area (Å²) in [5.41, 5.74) is 0.109. The lowest BCUT2D eigenvalue weighted by Gasteiger charge is -2.25. The van der Waals surface area contributed by atoms with E-state index in [0.29, 0.717) is 12.2 Å². The summed E-state index contributed by atoms with van der Waals surface area (Å²) in [5.74, 6) is -1.16. The average Bonchev–Trinajstić information content (AvgIpc) is 2.21. The third-order valence-electron chi connectivity index (χ3n) is 3.32. The molecule has 0 radical (unpaired) electrons. The van der Waals surface area contributed by atoms with E-state index in [1.165, 1.54) is 31.4 Å². The van der Waals surface area contributed by atoms with Crippen LogP contribution in [-0.4, -0.2) is 17.6 Å². The van der Waals surface area contributed by atoms with Crippen LogP contribution in [0, 0.1) is 11.7 Å². The normalized spacial score (nSPS) is 15.4. The van der Waals surface area contributed by atoms with E-state index in [9.17, 15) is 9.18 Å². The molecule has 0 aromatic heterocycles. The van der Waals surface area contributed by atoms with Crippen molar-refractivity contribution < 1.29 is 14.3 Å². The fourth-order valence-electron chi connectivity index (χ4n) is 2.08. The molecule has 17 heavy (non-hydrogen) atoms. The van der Waals surface area contributed by atoms with E-state index in [1.807, 2.05) is 0 Å². The fraction of sp³-hybridized carbons (Fsp3) is 0.462. The first kappa shape index (κ1) is 11.9. The first-order valence-corrected chi connectivity index (χ1v) is 5.94. The van der Waals surface area contributed by atoms with Crippen molar-refractivity contribution in [1.82, 2.24) is 0 Å². The summed E-state index contributed by atoms with van der Waals surface area (Å²) >= 11 is 0. The molecule has 0 bridgehead atoms. The summed E-state index contributed by atoms with van der Waals surface area (Å²) in [7, 11) is 0. The Morgan fingerprint density at radius 2 is 2.24 bits per heavy atom. The number of carboxylic acids is 1. The summed E-state index contributed by atoms with van der Waals surface area (Å²) in [6, 6.07) is 4.29. The van der Waals surface area contributed by atoms with Crippen LogP contribution >= 0.6 is 0 Å². The van der Waals surface area contributed by atoms with Crippen LogP contribution in [0.25, 0.3) is 0 Å². The average molecular weight is 237 g/mol. The van der Waals surface area contributed by atoms with E-state index in [0.717, 1.165) is 12.3 Å². The molecule has 0 amide bonds. The van der Waals surface area contributed by atoms with E-state index in [2.05, 4.69) is 5.32 Å². The molecule has 0 unspecified atom stereocenters. The number of hydrogen-bond acceptors (Lipinski definition) is 2. The summed E-state index contributed by atoms with van der Waals surface area (Å²) in [4.78, 5) is 10.9. The highest BCUT2D eigenvalue weighted by atomic mass is 19.1. The molecule has 0 saturated heterocycles. The standard InChI is InChI=1S/C13H16FNO2/c14-10-5-2-6-11(12(10)13(16)17)15-8-7-9-3-1-4-9/h2,5-6,9,15H,1,3-4,7-8H2,(H,16,17). The van der Waals surface area contributed by atoms with Crippen molar-refractivity contribution in [2.24, 2.45) is 5.92 Å². The molecule has 1 aliphatic rings. The van der Waals surface area contributed by atoms with Gasteiger partial charge in [-0.3, -0.25) is 0 Å². The van der Waals surface area contributed by atoms with Crippen molar-refractivity contribution in [3.8, 4) is 0 Å². The molecule has 1 aliphatic carbocycles. The Labute approximate surface area is 99.7 Å². The zero-order chi connectivity index (χ0) is 12.3. The molecule has 1 aromatic rings. The second-order valence-electron chi connectivity index (χ2n) is 4.48. The smallest absolute Gasteiger partial charge is 0.340 e. The predicted octanol–water partition coefficient (Wildman–Crippen LogP) is 3.13. The number of hydrogen-bond donors (Lipinski definition) is 2. The minimum atomic E-state index is -1.23. The largest absolute Gasteiger partial charge is 0.478 e. The van der Waals surface area contributed by atoms with Crippen molar-refractivity contribution in [3.63, 3.8) is 0 Å². The molecule has 1 saturated carbocycles. The summed E-state index contributed by atoms with van der Waals surface area (Å²) < 4.78 is 13.3. The van der Waals surface area contributed by atoms with Gasteiger partial charge in [-0.2, -0.15) is 0 Å². The van der Waals surface area contributed by atoms with Gasteiger partial charge in [0, 0.05) is 6.54 Å². The number of aromatic carboxylic acids is 1. The van der Waals surface area contributed by atoms with Gasteiger partial charge < -0.3 is 10.4 Å². The van der Waals surface area contributed by atoms with Gasteiger partial charge in [0.2, 0.25) is 0 Å². The van der Waals surface area contributed by atoms with Gasteiger partial charge in [-0.1, -0.05) is 25.3 Å². The molecule has 3 nitrogen and oxygen atoms in total. The Kier molecular flexibility index (Phi) is 3.61. The Bertz CT molecular complexity index is 416. The molecule has 92 valence electrons. The summed E-state index contributed by atoms with van der Waals surface area (Å²) in [6.07, 6.45) is 4.84. The van der Waals surface area contributed by atoms with Crippen molar-refractivity contribution in [3.05, 3.63) is 29.6 Å². The van der Waals surface area contributed by atoms with Crippen LogP contribution in [0.2, 0.25) is 0 Å². The Balaban J connectivity index is 1.98. The number of carbonyl (C=O) groups is 1. The molecule has 1 aromatic carbocycles. The maximum atomic E-state index is 13.3. The van der Waals surface area contributed by atoms with Crippen molar-refractivity contribution >= 4 is 11.7 Å². The maximum Gasteiger partial charge on any atom is 0.340 e. The molecule has 4 heteroatoms. The monoisotopic (exact) mass is 237 g/mol. The van der Waals surface area contributed by atoms with Gasteiger partial charge in [-0.05, 0) is 24.5 Å². The number of anilines is 1. The van der Waals surface area contributed by atoms with Crippen LogP contribution in [-0.2, 0) is 0 Å². The molecular formula is C13H16FNO2. The molecule has 0 atom stereocenters. The quantitative estimate of drug-likeness (QED) is 0.827. The SMILES string of the molecule is O=C(O)c1c(F)cccc1NCCC1CCC1. The highest BCUT2D eigenvalue weighted by Gasteiger charge is 2.18. The summed E-state index contributed by atoms with van der Waals surface area (Å²) in [6.45, 7) is 0.703. The minimum Gasteiger partial charge on any atom is -0.478 e. The number of carboxylic acid groups (broad SMARTS) is 1. The molecule has 0 heterocycles. The van der Waals surface area contributed by atoms with E-state index in [4.69, 9.17) is 5.11 Å². The maximum absolute atomic E-state index is 13.3. The second-order valence-corrected chi connectivity index (χ2v) is 4.48. The lowest BCUT2D eigenvalue weighted by atomic mass is 9.83. The number of benzene rings is 1. The first-order chi connectivity index (χ1) is 8.18. The third kappa shape index (κ3) is 2.75. The van der Waals surface area contributed by atoms with E-state index >= 15 is 0 Å². The molecule has 1 fully saturated rings. The van der Waals surface area contributed by atoms with Gasteiger partial charge in [0.1, 0.15) is 11.4 Å². The van der Waals surface area contributed by atoms with E-state index < -0.39 is 11.8 Å². The molecular weight excluding hydrogens is 221 g/mol. The van der Waals surface area contributed by atoms with Gasteiger partial charge in [-0.25, -0.2) is 9.18 Å². The Hall–Kier alpha value is -1.58. The third-order valence-corrected chi connectivity index (χ3v) is 3.32. The number of nitrogens with one attached hydrogen (secondary N) is 1. The highest BCUT2D eigenvalue weighted by Crippen LogP contribution is 2.29. The van der Waals surface area contributed by atoms with Crippen LogP contribution in [0.3, 0.4) is 0 Å². The molecule has 2 rings (SSSR count). The topological polar surface area (TPSA) is 49.3 Å². The lowest BCUT2D eigenvalue weighted by molar-refractivity contribution is 0.0693. The van der Waals surface area contributed by atoms with Gasteiger partial charge in [0.25, 0.3) is 0 Å². The van der Waals surface area contributed by atoms with Crippen molar-refractivity contribution in [1.29, 1.82) is 0 Å². The molecule has 0 aliphatic heterocycles. The second kappa shape index (κ2) is 5.17. The highest BCUT2D eigenvalue weighted by molar-refractivity contribution is 5.94. The zero-order valence-corrected chi connectivity index (χ0v) is 9.58. The summed E-state index contributed by atoms with van der Waals surface area (Å²) in [5, 5.41) is 11.9. The van der Waals surface area contributed by atoms with Crippen molar-refractivity contribution in [2.45, 2.75) is 25.7 Å². The van der Waals surface area contributed by atoms with Gasteiger partial charge in [0.05, 0.1) is 5.69 Å². The minimum absolute atomic E-state index is 0.263. The van der Waals surface area contributed by atoms with Crippen molar-refractivity contribution in [2.75, 3.05) is 11.9 Å². The fourth-order valence-corrected chi connectivity index (χ4v) is 2.08. The number of halogens is 1. The van der Waals surface area contributed by atoms with E-state index in [-0.39, 0.29) is 5.56 Å². The number of rotatable bonds is 5. The Morgan fingerprint density at radius 3 is 2.82 bits per heavy atom.